The molecule has 3 rings (SSSR count). The molecule has 3 heterocycles. The normalized spacial score (nSPS) is 15.6. The van der Waals surface area contributed by atoms with Crippen molar-refractivity contribution in [1.29, 1.82) is 0 Å². The number of carbonyl (C=O) groups excluding carboxylic acids is 2. The zero-order valence-electron chi connectivity index (χ0n) is 14.3. The first kappa shape index (κ1) is 17.1. The molecule has 1 atom stereocenters. The van der Waals surface area contributed by atoms with Crippen molar-refractivity contribution in [2.75, 3.05) is 19.7 Å². The maximum Gasteiger partial charge on any atom is 0.258 e. The van der Waals surface area contributed by atoms with Gasteiger partial charge in [-0.3, -0.25) is 19.6 Å². The average molecular weight is 342 g/mol. The number of amides is 2. The van der Waals surface area contributed by atoms with Gasteiger partial charge in [0.25, 0.3) is 5.91 Å². The molecule has 0 saturated carbocycles. The quantitative estimate of drug-likeness (QED) is 0.891. The van der Waals surface area contributed by atoms with Crippen LogP contribution in [-0.2, 0) is 9.59 Å². The first-order valence-corrected chi connectivity index (χ1v) is 8.56. The van der Waals surface area contributed by atoms with E-state index in [-0.39, 0.29) is 18.4 Å². The highest BCUT2D eigenvalue weighted by Crippen LogP contribution is 2.20. The molecule has 1 saturated heterocycles. The topological polar surface area (TPSA) is 84.4 Å². The molecule has 2 aromatic heterocycles. The summed E-state index contributed by atoms with van der Waals surface area (Å²) in [5.41, 5.74) is 1.31. The highest BCUT2D eigenvalue weighted by Gasteiger charge is 2.23. The minimum absolute atomic E-state index is 0.0379. The van der Waals surface area contributed by atoms with E-state index in [0.717, 1.165) is 32.4 Å². The SMILES string of the molecule is C[C@H](NC(=O)COc1ccnc2cccnc12)C(=O)N1CCCCC1. The van der Waals surface area contributed by atoms with Crippen molar-refractivity contribution >= 4 is 22.8 Å². The third kappa shape index (κ3) is 4.23. The van der Waals surface area contributed by atoms with E-state index in [4.69, 9.17) is 4.74 Å². The lowest BCUT2D eigenvalue weighted by atomic mass is 10.1. The molecule has 1 N–H and O–H groups in total. The molecule has 1 fully saturated rings. The van der Waals surface area contributed by atoms with Crippen LogP contribution in [0.1, 0.15) is 26.2 Å². The van der Waals surface area contributed by atoms with E-state index >= 15 is 0 Å². The Morgan fingerprint density at radius 2 is 2.00 bits per heavy atom. The van der Waals surface area contributed by atoms with E-state index in [9.17, 15) is 9.59 Å². The Bertz CT molecular complexity index is 754. The molecule has 7 nitrogen and oxygen atoms in total. The summed E-state index contributed by atoms with van der Waals surface area (Å²) in [7, 11) is 0. The number of rotatable bonds is 5. The molecule has 0 unspecified atom stereocenters. The number of likely N-dealkylation sites (tertiary alicyclic amines) is 1. The summed E-state index contributed by atoms with van der Waals surface area (Å²) >= 11 is 0. The summed E-state index contributed by atoms with van der Waals surface area (Å²) in [5, 5.41) is 2.70. The van der Waals surface area contributed by atoms with Crippen LogP contribution in [0.4, 0.5) is 0 Å². The van der Waals surface area contributed by atoms with Crippen molar-refractivity contribution in [1.82, 2.24) is 20.2 Å². The number of pyridine rings is 2. The van der Waals surface area contributed by atoms with Crippen molar-refractivity contribution < 1.29 is 14.3 Å². The highest BCUT2D eigenvalue weighted by atomic mass is 16.5. The first-order chi connectivity index (χ1) is 12.1. The van der Waals surface area contributed by atoms with Crippen LogP contribution in [0.5, 0.6) is 5.75 Å². The Morgan fingerprint density at radius 3 is 2.80 bits per heavy atom. The molecule has 2 amide bonds. The number of nitrogens with zero attached hydrogens (tertiary/aromatic N) is 3. The fourth-order valence-corrected chi connectivity index (χ4v) is 2.95. The van der Waals surface area contributed by atoms with Crippen molar-refractivity contribution in [3.63, 3.8) is 0 Å². The van der Waals surface area contributed by atoms with Crippen molar-refractivity contribution in [2.45, 2.75) is 32.2 Å². The molecule has 0 aromatic carbocycles. The molecular formula is C18H22N4O3. The average Bonchev–Trinajstić information content (AvgIpc) is 2.66. The number of piperidine rings is 1. The molecule has 132 valence electrons. The molecule has 25 heavy (non-hydrogen) atoms. The van der Waals surface area contributed by atoms with Gasteiger partial charge in [0.1, 0.15) is 17.3 Å². The molecule has 1 aliphatic rings. The van der Waals surface area contributed by atoms with Crippen molar-refractivity contribution in [2.24, 2.45) is 0 Å². The minimum Gasteiger partial charge on any atom is -0.481 e. The van der Waals surface area contributed by atoms with E-state index in [2.05, 4.69) is 15.3 Å². The van der Waals surface area contributed by atoms with Gasteiger partial charge in [0, 0.05) is 31.5 Å². The predicted octanol–water partition coefficient (Wildman–Crippen LogP) is 1.53. The van der Waals surface area contributed by atoms with Gasteiger partial charge in [-0.1, -0.05) is 0 Å². The van der Waals surface area contributed by atoms with E-state index in [1.165, 1.54) is 0 Å². The fourth-order valence-electron chi connectivity index (χ4n) is 2.95. The lowest BCUT2D eigenvalue weighted by Gasteiger charge is -2.29. The van der Waals surface area contributed by atoms with Gasteiger partial charge in [0.05, 0.1) is 5.52 Å². The number of hydrogen-bond acceptors (Lipinski definition) is 5. The maximum atomic E-state index is 12.3. The Hall–Kier alpha value is -2.70. The van der Waals surface area contributed by atoms with Gasteiger partial charge in [-0.25, -0.2) is 0 Å². The fraction of sp³-hybridized carbons (Fsp3) is 0.444. The van der Waals surface area contributed by atoms with E-state index < -0.39 is 6.04 Å². The van der Waals surface area contributed by atoms with Gasteiger partial charge >= 0.3 is 0 Å². The van der Waals surface area contributed by atoms with E-state index in [1.54, 1.807) is 31.5 Å². The highest BCUT2D eigenvalue weighted by molar-refractivity contribution is 5.88. The summed E-state index contributed by atoms with van der Waals surface area (Å²) in [6.07, 6.45) is 6.47. The molecular weight excluding hydrogens is 320 g/mol. The van der Waals surface area contributed by atoms with Crippen molar-refractivity contribution in [3.8, 4) is 5.75 Å². The number of ether oxygens (including phenoxy) is 1. The van der Waals surface area contributed by atoms with Crippen LogP contribution in [0.25, 0.3) is 11.0 Å². The lowest BCUT2D eigenvalue weighted by molar-refractivity contribution is -0.137. The van der Waals surface area contributed by atoms with Gasteiger partial charge in [0.2, 0.25) is 5.91 Å². The van der Waals surface area contributed by atoms with Gasteiger partial charge in [-0.15, -0.1) is 0 Å². The number of nitrogens with one attached hydrogen (secondary N) is 1. The maximum absolute atomic E-state index is 12.3. The Balaban J connectivity index is 1.54. The summed E-state index contributed by atoms with van der Waals surface area (Å²) in [6.45, 7) is 3.07. The van der Waals surface area contributed by atoms with Crippen LogP contribution < -0.4 is 10.1 Å². The monoisotopic (exact) mass is 342 g/mol. The molecule has 0 radical (unpaired) electrons. The van der Waals surface area contributed by atoms with Crippen LogP contribution in [0.2, 0.25) is 0 Å². The van der Waals surface area contributed by atoms with Gasteiger partial charge < -0.3 is 15.0 Å². The van der Waals surface area contributed by atoms with Gasteiger partial charge in [-0.2, -0.15) is 0 Å². The smallest absolute Gasteiger partial charge is 0.258 e. The Labute approximate surface area is 146 Å². The summed E-state index contributed by atoms with van der Waals surface area (Å²) in [4.78, 5) is 34.7. The standard InChI is InChI=1S/C18H22N4O3/c1-13(18(24)22-10-3-2-4-11-22)21-16(23)12-25-15-7-9-19-14-6-5-8-20-17(14)15/h5-9,13H,2-4,10-12H2,1H3,(H,21,23)/t13-/m0/s1. The summed E-state index contributed by atoms with van der Waals surface area (Å²) in [5.74, 6) is 0.124. The van der Waals surface area contributed by atoms with Crippen molar-refractivity contribution in [3.05, 3.63) is 30.6 Å². The number of aromatic nitrogens is 2. The molecule has 0 bridgehead atoms. The second-order valence-corrected chi connectivity index (χ2v) is 6.14. The zero-order chi connectivity index (χ0) is 17.6. The van der Waals surface area contributed by atoms with Crippen LogP contribution in [0, 0.1) is 0 Å². The number of hydrogen-bond donors (Lipinski definition) is 1. The second kappa shape index (κ2) is 7.92. The van der Waals surface area contributed by atoms with E-state index in [0.29, 0.717) is 16.8 Å². The third-order valence-electron chi connectivity index (χ3n) is 4.23. The predicted molar refractivity (Wildman–Crippen MR) is 93.1 cm³/mol. The zero-order valence-corrected chi connectivity index (χ0v) is 14.3. The molecule has 1 aliphatic heterocycles. The molecule has 7 heteroatoms. The summed E-state index contributed by atoms with van der Waals surface area (Å²) < 4.78 is 5.57. The lowest BCUT2D eigenvalue weighted by Crippen LogP contribution is -2.49. The number of carbonyl (C=O) groups is 2. The van der Waals surface area contributed by atoms with Gasteiger partial charge in [-0.05, 0) is 38.3 Å². The molecule has 0 spiro atoms. The second-order valence-electron chi connectivity index (χ2n) is 6.14. The number of fused-ring (bicyclic) bond motifs is 1. The largest absolute Gasteiger partial charge is 0.481 e. The summed E-state index contributed by atoms with van der Waals surface area (Å²) in [6, 6.07) is 4.74. The van der Waals surface area contributed by atoms with Crippen LogP contribution in [0.15, 0.2) is 30.6 Å². The van der Waals surface area contributed by atoms with Crippen LogP contribution >= 0.6 is 0 Å². The van der Waals surface area contributed by atoms with E-state index in [1.807, 2.05) is 11.0 Å². The Kier molecular flexibility index (Phi) is 5.42. The molecule has 2 aromatic rings. The van der Waals surface area contributed by atoms with Crippen LogP contribution in [-0.4, -0.2) is 52.4 Å². The van der Waals surface area contributed by atoms with Crippen LogP contribution in [0.3, 0.4) is 0 Å². The minimum atomic E-state index is -0.554. The van der Waals surface area contributed by atoms with Gasteiger partial charge in [0.15, 0.2) is 6.61 Å². The molecule has 0 aliphatic carbocycles. The first-order valence-electron chi connectivity index (χ1n) is 8.56. The third-order valence-corrected chi connectivity index (χ3v) is 4.23. The Morgan fingerprint density at radius 1 is 1.20 bits per heavy atom.